The van der Waals surface area contributed by atoms with E-state index < -0.39 is 11.4 Å². The lowest BCUT2D eigenvalue weighted by atomic mass is 9.75. The molecule has 20 heavy (non-hydrogen) atoms. The molecule has 1 unspecified atom stereocenters. The minimum atomic E-state index is -1.02. The molecule has 0 bridgehead atoms. The summed E-state index contributed by atoms with van der Waals surface area (Å²) >= 11 is 0. The highest BCUT2D eigenvalue weighted by Gasteiger charge is 2.36. The highest BCUT2D eigenvalue weighted by Crippen LogP contribution is 2.31. The zero-order valence-electron chi connectivity index (χ0n) is 11.6. The van der Waals surface area contributed by atoms with Crippen molar-refractivity contribution in [2.24, 2.45) is 0 Å². The van der Waals surface area contributed by atoms with Gasteiger partial charge >= 0.3 is 5.97 Å². The van der Waals surface area contributed by atoms with Crippen LogP contribution in [0.2, 0.25) is 0 Å². The van der Waals surface area contributed by atoms with Gasteiger partial charge in [-0.05, 0) is 49.1 Å². The molecule has 3 heteroatoms. The van der Waals surface area contributed by atoms with Crippen molar-refractivity contribution in [1.82, 2.24) is 0 Å². The number of halogens is 1. The second-order valence-corrected chi connectivity index (χ2v) is 5.26. The first-order valence-electron chi connectivity index (χ1n) is 6.47. The molecule has 104 valence electrons. The van der Waals surface area contributed by atoms with Crippen molar-refractivity contribution in [1.29, 1.82) is 0 Å². The first kappa shape index (κ1) is 14.3. The van der Waals surface area contributed by atoms with Crippen LogP contribution in [0.4, 0.5) is 4.39 Å². The van der Waals surface area contributed by atoms with Gasteiger partial charge in [-0.2, -0.15) is 0 Å². The van der Waals surface area contributed by atoms with Crippen molar-refractivity contribution < 1.29 is 14.3 Å². The number of aliphatic carboxylic acids is 1. The molecule has 0 heterocycles. The average molecular weight is 272 g/mol. The Morgan fingerprint density at radius 1 is 1.15 bits per heavy atom. The summed E-state index contributed by atoms with van der Waals surface area (Å²) in [5, 5.41) is 9.65. The third kappa shape index (κ3) is 2.72. The molecule has 2 aromatic carbocycles. The Bertz CT molecular complexity index is 619. The topological polar surface area (TPSA) is 37.3 Å². The van der Waals surface area contributed by atoms with Crippen LogP contribution in [0.5, 0.6) is 0 Å². The normalized spacial score (nSPS) is 13.8. The fraction of sp³-hybridized carbons (Fsp3) is 0.235. The molecular weight excluding hydrogens is 255 g/mol. The molecule has 2 rings (SSSR count). The van der Waals surface area contributed by atoms with Crippen molar-refractivity contribution >= 4 is 5.97 Å². The number of aryl methyl sites for hydroxylation is 1. The Kier molecular flexibility index (Phi) is 3.89. The van der Waals surface area contributed by atoms with Gasteiger partial charge in [0.05, 0.1) is 5.41 Å². The monoisotopic (exact) mass is 272 g/mol. The van der Waals surface area contributed by atoms with Crippen molar-refractivity contribution in [3.05, 3.63) is 71.0 Å². The number of carbonyl (C=O) groups is 1. The van der Waals surface area contributed by atoms with Crippen LogP contribution in [0.3, 0.4) is 0 Å². The summed E-state index contributed by atoms with van der Waals surface area (Å²) in [6, 6.07) is 13.5. The van der Waals surface area contributed by atoms with E-state index in [1.165, 1.54) is 12.1 Å². The number of rotatable bonds is 4. The van der Waals surface area contributed by atoms with Crippen LogP contribution in [0.1, 0.15) is 23.6 Å². The number of carboxylic acid groups (broad SMARTS) is 1. The maximum atomic E-state index is 12.9. The molecule has 1 N–H and O–H groups in total. The van der Waals surface area contributed by atoms with Gasteiger partial charge in [-0.25, -0.2) is 4.39 Å². The van der Waals surface area contributed by atoms with Gasteiger partial charge in [0.15, 0.2) is 0 Å². The van der Waals surface area contributed by atoms with E-state index in [0.717, 1.165) is 16.7 Å². The molecule has 0 fully saturated rings. The molecule has 0 saturated heterocycles. The van der Waals surface area contributed by atoms with Crippen molar-refractivity contribution in [3.8, 4) is 0 Å². The van der Waals surface area contributed by atoms with Crippen LogP contribution >= 0.6 is 0 Å². The maximum Gasteiger partial charge on any atom is 0.314 e. The Morgan fingerprint density at radius 3 is 2.30 bits per heavy atom. The fourth-order valence-electron chi connectivity index (χ4n) is 2.49. The highest BCUT2D eigenvalue weighted by atomic mass is 19.1. The van der Waals surface area contributed by atoms with Crippen molar-refractivity contribution in [3.63, 3.8) is 0 Å². The van der Waals surface area contributed by atoms with Crippen LogP contribution in [-0.4, -0.2) is 11.1 Å². The SMILES string of the molecule is Cc1ccccc1C(C)(Cc1ccc(F)cc1)C(=O)O. The molecule has 0 aromatic heterocycles. The first-order chi connectivity index (χ1) is 9.43. The van der Waals surface area contributed by atoms with E-state index in [1.807, 2.05) is 31.2 Å². The summed E-state index contributed by atoms with van der Waals surface area (Å²) in [6.45, 7) is 3.61. The largest absolute Gasteiger partial charge is 0.481 e. The van der Waals surface area contributed by atoms with Crippen LogP contribution in [0.25, 0.3) is 0 Å². The van der Waals surface area contributed by atoms with Gasteiger partial charge in [0, 0.05) is 0 Å². The molecule has 0 aliphatic carbocycles. The Balaban J connectivity index is 2.43. The summed E-state index contributed by atoms with van der Waals surface area (Å²) in [7, 11) is 0. The Morgan fingerprint density at radius 2 is 1.75 bits per heavy atom. The molecule has 2 nitrogen and oxygen atoms in total. The first-order valence-corrected chi connectivity index (χ1v) is 6.47. The van der Waals surface area contributed by atoms with E-state index in [4.69, 9.17) is 0 Å². The van der Waals surface area contributed by atoms with E-state index >= 15 is 0 Å². The summed E-state index contributed by atoms with van der Waals surface area (Å²) < 4.78 is 12.9. The van der Waals surface area contributed by atoms with Gasteiger partial charge in [0.25, 0.3) is 0 Å². The van der Waals surface area contributed by atoms with Gasteiger partial charge in [-0.3, -0.25) is 4.79 Å². The Labute approximate surface area is 117 Å². The van der Waals surface area contributed by atoms with Crippen LogP contribution in [0.15, 0.2) is 48.5 Å². The zero-order chi connectivity index (χ0) is 14.8. The lowest BCUT2D eigenvalue weighted by molar-refractivity contribution is -0.143. The fourth-order valence-corrected chi connectivity index (χ4v) is 2.49. The molecule has 0 saturated carbocycles. The number of carboxylic acids is 1. The summed E-state index contributed by atoms with van der Waals surface area (Å²) in [5.41, 5.74) is 1.51. The van der Waals surface area contributed by atoms with Gasteiger partial charge in [-0.1, -0.05) is 36.4 Å². The Hall–Kier alpha value is -2.16. The van der Waals surface area contributed by atoms with E-state index in [1.54, 1.807) is 19.1 Å². The summed E-state index contributed by atoms with van der Waals surface area (Å²) in [5.74, 6) is -1.20. The maximum absolute atomic E-state index is 12.9. The third-order valence-electron chi connectivity index (χ3n) is 3.68. The molecule has 0 spiro atoms. The molecule has 1 atom stereocenters. The summed E-state index contributed by atoms with van der Waals surface area (Å²) in [6.07, 6.45) is 0.327. The number of hydrogen-bond donors (Lipinski definition) is 1. The lowest BCUT2D eigenvalue weighted by Gasteiger charge is -2.27. The number of hydrogen-bond acceptors (Lipinski definition) is 1. The van der Waals surface area contributed by atoms with Gasteiger partial charge in [0.1, 0.15) is 5.82 Å². The quantitative estimate of drug-likeness (QED) is 0.921. The van der Waals surface area contributed by atoms with E-state index in [9.17, 15) is 14.3 Å². The van der Waals surface area contributed by atoms with Crippen LogP contribution < -0.4 is 0 Å². The lowest BCUT2D eigenvalue weighted by Crippen LogP contribution is -2.35. The van der Waals surface area contributed by atoms with E-state index in [0.29, 0.717) is 6.42 Å². The average Bonchev–Trinajstić information content (AvgIpc) is 2.41. The molecule has 0 amide bonds. The smallest absolute Gasteiger partial charge is 0.314 e. The molecular formula is C17H17FO2. The van der Waals surface area contributed by atoms with Crippen LogP contribution in [-0.2, 0) is 16.6 Å². The molecule has 0 radical (unpaired) electrons. The zero-order valence-corrected chi connectivity index (χ0v) is 11.6. The predicted molar refractivity (Wildman–Crippen MR) is 76.3 cm³/mol. The second kappa shape index (κ2) is 5.45. The standard InChI is InChI=1S/C17H17FO2/c1-12-5-3-4-6-15(12)17(2,16(19)20)11-13-7-9-14(18)10-8-13/h3-10H,11H2,1-2H3,(H,19,20). The van der Waals surface area contributed by atoms with E-state index in [2.05, 4.69) is 0 Å². The second-order valence-electron chi connectivity index (χ2n) is 5.26. The minimum Gasteiger partial charge on any atom is -0.481 e. The van der Waals surface area contributed by atoms with Gasteiger partial charge < -0.3 is 5.11 Å². The van der Waals surface area contributed by atoms with Crippen molar-refractivity contribution in [2.75, 3.05) is 0 Å². The predicted octanol–water partition coefficient (Wildman–Crippen LogP) is 3.72. The molecule has 0 aliphatic rings. The van der Waals surface area contributed by atoms with E-state index in [-0.39, 0.29) is 5.82 Å². The van der Waals surface area contributed by atoms with Crippen LogP contribution in [0, 0.1) is 12.7 Å². The third-order valence-corrected chi connectivity index (χ3v) is 3.68. The number of benzene rings is 2. The van der Waals surface area contributed by atoms with Gasteiger partial charge in [0.2, 0.25) is 0 Å². The minimum absolute atomic E-state index is 0.318. The van der Waals surface area contributed by atoms with Crippen molar-refractivity contribution in [2.45, 2.75) is 25.7 Å². The highest BCUT2D eigenvalue weighted by molar-refractivity contribution is 5.81. The van der Waals surface area contributed by atoms with Gasteiger partial charge in [-0.15, -0.1) is 0 Å². The summed E-state index contributed by atoms with van der Waals surface area (Å²) in [4.78, 5) is 11.8. The molecule has 0 aliphatic heterocycles. The molecule has 2 aromatic rings.